The van der Waals surface area contributed by atoms with E-state index in [2.05, 4.69) is 21.2 Å². The highest BCUT2D eigenvalue weighted by Crippen LogP contribution is 2.15. The molecule has 0 aliphatic carbocycles. The van der Waals surface area contributed by atoms with Gasteiger partial charge in [0.1, 0.15) is 5.75 Å². The van der Waals surface area contributed by atoms with Gasteiger partial charge in [-0.1, -0.05) is 48.0 Å². The summed E-state index contributed by atoms with van der Waals surface area (Å²) in [5.41, 5.74) is 4.32. The summed E-state index contributed by atoms with van der Waals surface area (Å²) in [7, 11) is 0. The molecule has 1 atom stereocenters. The summed E-state index contributed by atoms with van der Waals surface area (Å²) in [5, 5.41) is 9.63. The Morgan fingerprint density at radius 2 is 1.71 bits per heavy atom. The third kappa shape index (κ3) is 7.75. The van der Waals surface area contributed by atoms with E-state index in [1.54, 1.807) is 55.5 Å². The first-order valence-corrected chi connectivity index (χ1v) is 10.8. The molecule has 174 valence electrons. The number of carbonyl (C=O) groups excluding carboxylic acids is 3. The summed E-state index contributed by atoms with van der Waals surface area (Å²) in [6, 6.07) is 22.5. The van der Waals surface area contributed by atoms with E-state index in [9.17, 15) is 14.4 Å². The Morgan fingerprint density at radius 1 is 0.971 bits per heavy atom. The van der Waals surface area contributed by atoms with Gasteiger partial charge in [-0.2, -0.15) is 5.10 Å². The van der Waals surface area contributed by atoms with Gasteiger partial charge < -0.3 is 15.4 Å². The van der Waals surface area contributed by atoms with Crippen LogP contribution >= 0.6 is 11.6 Å². The molecule has 0 heterocycles. The lowest BCUT2D eigenvalue weighted by Crippen LogP contribution is -2.39. The van der Waals surface area contributed by atoms with Gasteiger partial charge in [0.25, 0.3) is 5.91 Å². The van der Waals surface area contributed by atoms with Crippen molar-refractivity contribution >= 4 is 41.2 Å². The fourth-order valence-corrected chi connectivity index (χ4v) is 3.06. The van der Waals surface area contributed by atoms with Gasteiger partial charge in [-0.25, -0.2) is 5.43 Å². The molecule has 34 heavy (non-hydrogen) atoms. The minimum atomic E-state index is -0.871. The highest BCUT2D eigenvalue weighted by Gasteiger charge is 2.16. The largest absolute Gasteiger partial charge is 0.484 e. The summed E-state index contributed by atoms with van der Waals surface area (Å²) < 4.78 is 5.46. The molecule has 0 bridgehead atoms. The Labute approximate surface area is 202 Å². The minimum absolute atomic E-state index is 0.174. The number of halogens is 1. The molecule has 0 radical (unpaired) electrons. The molecule has 0 unspecified atom stereocenters. The van der Waals surface area contributed by atoms with Crippen LogP contribution in [0.5, 0.6) is 5.75 Å². The Bertz CT molecular complexity index is 1170. The van der Waals surface area contributed by atoms with E-state index < -0.39 is 11.8 Å². The smallest absolute Gasteiger partial charge is 0.329 e. The summed E-state index contributed by atoms with van der Waals surface area (Å²) in [6.07, 6.45) is 1.39. The van der Waals surface area contributed by atoms with E-state index in [1.165, 1.54) is 6.21 Å². The number of hydrazone groups is 1. The first kappa shape index (κ1) is 24.5. The van der Waals surface area contributed by atoms with E-state index in [0.29, 0.717) is 22.0 Å². The lowest BCUT2D eigenvalue weighted by Gasteiger charge is -2.13. The zero-order chi connectivity index (χ0) is 24.3. The summed E-state index contributed by atoms with van der Waals surface area (Å²) >= 11 is 5.89. The molecule has 3 aromatic carbocycles. The number of nitrogens with one attached hydrogen (secondary N) is 3. The molecule has 3 amide bonds. The van der Waals surface area contributed by atoms with Crippen LogP contribution in [-0.4, -0.2) is 30.5 Å². The average Bonchev–Trinajstić information content (AvgIpc) is 2.84. The first-order chi connectivity index (χ1) is 16.4. The van der Waals surface area contributed by atoms with Crippen LogP contribution in [0, 0.1) is 0 Å². The van der Waals surface area contributed by atoms with Crippen molar-refractivity contribution in [2.45, 2.75) is 13.0 Å². The van der Waals surface area contributed by atoms with E-state index in [4.69, 9.17) is 16.3 Å². The van der Waals surface area contributed by atoms with Crippen LogP contribution in [0.15, 0.2) is 84.0 Å². The van der Waals surface area contributed by atoms with Gasteiger partial charge >= 0.3 is 11.8 Å². The highest BCUT2D eigenvalue weighted by atomic mass is 35.5. The number of rotatable bonds is 8. The number of ether oxygens (including phenoxy) is 1. The SMILES string of the molecule is C[C@@H](NC(=O)C(=O)N/N=C\c1ccc(OCC(=O)Nc2cccc(Cl)c2)cc1)c1ccccc1. The van der Waals surface area contributed by atoms with Gasteiger partial charge in [-0.15, -0.1) is 0 Å². The number of anilines is 1. The molecule has 9 heteroatoms. The van der Waals surface area contributed by atoms with Crippen molar-refractivity contribution in [3.05, 3.63) is 95.0 Å². The van der Waals surface area contributed by atoms with Gasteiger partial charge in [0.05, 0.1) is 12.3 Å². The van der Waals surface area contributed by atoms with Gasteiger partial charge in [0.15, 0.2) is 6.61 Å². The Hall–Kier alpha value is -4.17. The third-order valence-corrected chi connectivity index (χ3v) is 4.83. The molecule has 3 rings (SSSR count). The van der Waals surface area contributed by atoms with Crippen LogP contribution in [0.3, 0.4) is 0 Å². The highest BCUT2D eigenvalue weighted by molar-refractivity contribution is 6.35. The second-order valence-corrected chi connectivity index (χ2v) is 7.66. The van der Waals surface area contributed by atoms with Gasteiger partial charge in [-0.3, -0.25) is 14.4 Å². The van der Waals surface area contributed by atoms with Crippen LogP contribution in [0.1, 0.15) is 24.1 Å². The molecule has 0 saturated carbocycles. The van der Waals surface area contributed by atoms with E-state index in [0.717, 1.165) is 5.56 Å². The Kier molecular flexibility index (Phi) is 8.76. The van der Waals surface area contributed by atoms with E-state index in [1.807, 2.05) is 30.3 Å². The Morgan fingerprint density at radius 3 is 2.41 bits per heavy atom. The molecule has 0 aliphatic rings. The number of carbonyl (C=O) groups is 3. The predicted octanol–water partition coefficient (Wildman–Crippen LogP) is 3.69. The fourth-order valence-electron chi connectivity index (χ4n) is 2.87. The molecule has 8 nitrogen and oxygen atoms in total. The quantitative estimate of drug-likeness (QED) is 0.260. The lowest BCUT2D eigenvalue weighted by atomic mass is 10.1. The zero-order valence-electron chi connectivity index (χ0n) is 18.3. The third-order valence-electron chi connectivity index (χ3n) is 4.59. The topological polar surface area (TPSA) is 109 Å². The van der Waals surface area contributed by atoms with Crippen molar-refractivity contribution in [2.75, 3.05) is 11.9 Å². The molecule has 0 fully saturated rings. The Balaban J connectivity index is 1.42. The number of benzene rings is 3. The maximum absolute atomic E-state index is 12.0. The second kappa shape index (κ2) is 12.2. The second-order valence-electron chi connectivity index (χ2n) is 7.22. The first-order valence-electron chi connectivity index (χ1n) is 10.4. The number of amides is 3. The van der Waals surface area contributed by atoms with Gasteiger partial charge in [0, 0.05) is 10.7 Å². The summed E-state index contributed by atoms with van der Waals surface area (Å²) in [5.74, 6) is -1.50. The maximum atomic E-state index is 12.0. The molecular formula is C25H23ClN4O4. The molecule has 0 saturated heterocycles. The fraction of sp³-hybridized carbons (Fsp3) is 0.120. The lowest BCUT2D eigenvalue weighted by molar-refractivity contribution is -0.139. The molecule has 0 spiro atoms. The monoisotopic (exact) mass is 478 g/mol. The van der Waals surface area contributed by atoms with Crippen LogP contribution < -0.4 is 20.8 Å². The minimum Gasteiger partial charge on any atom is -0.484 e. The number of nitrogens with zero attached hydrogens (tertiary/aromatic N) is 1. The van der Waals surface area contributed by atoms with Crippen molar-refractivity contribution in [3.63, 3.8) is 0 Å². The van der Waals surface area contributed by atoms with Crippen molar-refractivity contribution in [2.24, 2.45) is 5.10 Å². The summed E-state index contributed by atoms with van der Waals surface area (Å²) in [6.45, 7) is 1.61. The van der Waals surface area contributed by atoms with Crippen molar-refractivity contribution in [3.8, 4) is 5.75 Å². The van der Waals surface area contributed by atoms with Crippen molar-refractivity contribution in [1.82, 2.24) is 10.7 Å². The molecule has 0 aliphatic heterocycles. The van der Waals surface area contributed by atoms with Crippen LogP contribution in [-0.2, 0) is 14.4 Å². The van der Waals surface area contributed by atoms with Crippen LogP contribution in [0.25, 0.3) is 0 Å². The van der Waals surface area contributed by atoms with Crippen molar-refractivity contribution < 1.29 is 19.1 Å². The zero-order valence-corrected chi connectivity index (χ0v) is 19.1. The number of hydrogen-bond acceptors (Lipinski definition) is 5. The van der Waals surface area contributed by atoms with Gasteiger partial charge in [0.2, 0.25) is 0 Å². The normalized spacial score (nSPS) is 11.5. The van der Waals surface area contributed by atoms with E-state index >= 15 is 0 Å². The van der Waals surface area contributed by atoms with Crippen molar-refractivity contribution in [1.29, 1.82) is 0 Å². The summed E-state index contributed by atoms with van der Waals surface area (Å²) in [4.78, 5) is 36.0. The average molecular weight is 479 g/mol. The molecule has 3 N–H and O–H groups in total. The molecule has 0 aromatic heterocycles. The molecule has 3 aromatic rings. The predicted molar refractivity (Wildman–Crippen MR) is 131 cm³/mol. The molecular weight excluding hydrogens is 456 g/mol. The van der Waals surface area contributed by atoms with E-state index in [-0.39, 0.29) is 18.6 Å². The maximum Gasteiger partial charge on any atom is 0.329 e. The van der Waals surface area contributed by atoms with Crippen LogP contribution in [0.2, 0.25) is 5.02 Å². The number of hydrogen-bond donors (Lipinski definition) is 3. The van der Waals surface area contributed by atoms with Crippen LogP contribution in [0.4, 0.5) is 5.69 Å². The standard InChI is InChI=1S/C25H23ClN4O4/c1-17(19-6-3-2-4-7-19)28-24(32)25(33)30-27-15-18-10-12-22(13-11-18)34-16-23(31)29-21-9-5-8-20(26)14-21/h2-15,17H,16H2,1H3,(H,28,32)(H,29,31)(H,30,33)/b27-15-/t17-/m1/s1. The van der Waals surface area contributed by atoms with Gasteiger partial charge in [-0.05, 0) is 60.5 Å².